The Labute approximate surface area is 111 Å². The Morgan fingerprint density at radius 3 is 2.53 bits per heavy atom. The summed E-state index contributed by atoms with van der Waals surface area (Å²) in [5, 5.41) is 2.35. The number of nitrogen functional groups attached to an aromatic ring is 1. The van der Waals surface area contributed by atoms with Gasteiger partial charge in [-0.25, -0.2) is 8.78 Å². The average molecular weight is 298 g/mol. The molecule has 0 fully saturated rings. The van der Waals surface area contributed by atoms with Crippen LogP contribution in [0.4, 0.5) is 28.3 Å². The summed E-state index contributed by atoms with van der Waals surface area (Å²) in [4.78, 5) is 12.0. The number of alkyl halides is 4. The maximum atomic E-state index is 12.7. The van der Waals surface area contributed by atoms with Crippen molar-refractivity contribution in [2.45, 2.75) is 26.2 Å². The number of anilines is 2. The third-order valence-corrected chi connectivity index (χ3v) is 3.45. The van der Waals surface area contributed by atoms with Crippen molar-refractivity contribution in [1.29, 1.82) is 0 Å². The summed E-state index contributed by atoms with van der Waals surface area (Å²) in [7, 11) is 0. The van der Waals surface area contributed by atoms with Gasteiger partial charge >= 0.3 is 12.3 Å². The molecule has 0 bridgehead atoms. The molecule has 0 aliphatic rings. The minimum Gasteiger partial charge on any atom is -0.397 e. The van der Waals surface area contributed by atoms with Crippen LogP contribution in [0.15, 0.2) is 6.07 Å². The standard InChI is InChI=1S/C11H14F4N2OS/c1-5(2)8(18)9-6(16)3-7(19-9)17-4-11(14,15)10(12)13/h3,5,10,17H,4,16H2,1-2H3. The molecule has 1 aromatic heterocycles. The molecule has 3 N–H and O–H groups in total. The average Bonchev–Trinajstić information content (AvgIpc) is 2.66. The Morgan fingerprint density at radius 2 is 2.05 bits per heavy atom. The number of carbonyl (C=O) groups excluding carboxylic acids is 1. The summed E-state index contributed by atoms with van der Waals surface area (Å²) < 4.78 is 49.4. The van der Waals surface area contributed by atoms with Crippen molar-refractivity contribution in [1.82, 2.24) is 0 Å². The maximum Gasteiger partial charge on any atom is 0.324 e. The molecule has 0 amide bonds. The molecule has 0 aliphatic heterocycles. The number of ketones is 1. The zero-order valence-electron chi connectivity index (χ0n) is 10.3. The first kappa shape index (κ1) is 15.7. The Balaban J connectivity index is 2.77. The lowest BCUT2D eigenvalue weighted by Crippen LogP contribution is -2.34. The molecule has 1 heterocycles. The second kappa shape index (κ2) is 5.77. The van der Waals surface area contributed by atoms with Crippen LogP contribution in [-0.4, -0.2) is 24.7 Å². The van der Waals surface area contributed by atoms with E-state index >= 15 is 0 Å². The van der Waals surface area contributed by atoms with Crippen molar-refractivity contribution < 1.29 is 22.4 Å². The molecule has 3 nitrogen and oxygen atoms in total. The Hall–Kier alpha value is -1.31. The van der Waals surface area contributed by atoms with Crippen LogP contribution in [0.1, 0.15) is 23.5 Å². The van der Waals surface area contributed by atoms with Gasteiger partial charge in [0.2, 0.25) is 0 Å². The van der Waals surface area contributed by atoms with Gasteiger partial charge < -0.3 is 11.1 Å². The molecule has 0 aromatic carbocycles. The number of hydrogen-bond acceptors (Lipinski definition) is 4. The van der Waals surface area contributed by atoms with Crippen LogP contribution >= 0.6 is 11.3 Å². The van der Waals surface area contributed by atoms with Gasteiger partial charge in [-0.05, 0) is 6.07 Å². The van der Waals surface area contributed by atoms with Crippen LogP contribution in [0.2, 0.25) is 0 Å². The first-order chi connectivity index (χ1) is 8.65. The van der Waals surface area contributed by atoms with E-state index in [2.05, 4.69) is 5.32 Å². The third-order valence-electron chi connectivity index (χ3n) is 2.33. The molecule has 19 heavy (non-hydrogen) atoms. The third kappa shape index (κ3) is 3.82. The Kier molecular flexibility index (Phi) is 4.78. The molecular weight excluding hydrogens is 284 g/mol. The van der Waals surface area contributed by atoms with Gasteiger partial charge in [-0.1, -0.05) is 13.8 Å². The summed E-state index contributed by atoms with van der Waals surface area (Å²) in [6, 6.07) is 1.29. The Morgan fingerprint density at radius 1 is 1.47 bits per heavy atom. The van der Waals surface area contributed by atoms with E-state index in [1.54, 1.807) is 13.8 Å². The highest BCUT2D eigenvalue weighted by atomic mass is 32.1. The molecule has 108 valence electrons. The molecule has 0 aliphatic carbocycles. The van der Waals surface area contributed by atoms with Crippen molar-refractivity contribution >= 4 is 27.8 Å². The fourth-order valence-corrected chi connectivity index (χ4v) is 2.29. The van der Waals surface area contributed by atoms with Crippen molar-refractivity contribution in [2.24, 2.45) is 5.92 Å². The molecule has 0 atom stereocenters. The van der Waals surface area contributed by atoms with E-state index in [0.29, 0.717) is 0 Å². The van der Waals surface area contributed by atoms with Crippen LogP contribution < -0.4 is 11.1 Å². The maximum absolute atomic E-state index is 12.7. The second-order valence-corrected chi connectivity index (χ2v) is 5.38. The largest absolute Gasteiger partial charge is 0.397 e. The lowest BCUT2D eigenvalue weighted by molar-refractivity contribution is -0.117. The van der Waals surface area contributed by atoms with E-state index in [4.69, 9.17) is 5.73 Å². The number of hydrogen-bond donors (Lipinski definition) is 2. The summed E-state index contributed by atoms with van der Waals surface area (Å²) >= 11 is 0.884. The normalized spacial score (nSPS) is 12.2. The lowest BCUT2D eigenvalue weighted by Gasteiger charge is -2.15. The van der Waals surface area contributed by atoms with Crippen LogP contribution in [-0.2, 0) is 0 Å². The monoisotopic (exact) mass is 298 g/mol. The summed E-state index contributed by atoms with van der Waals surface area (Å²) in [5.74, 6) is -4.62. The number of carbonyl (C=O) groups is 1. The SMILES string of the molecule is CC(C)C(=O)c1sc(NCC(F)(F)C(F)F)cc1N. The van der Waals surface area contributed by atoms with Gasteiger partial charge in [0.15, 0.2) is 5.78 Å². The number of nitrogens with two attached hydrogens (primary N) is 1. The van der Waals surface area contributed by atoms with Gasteiger partial charge in [0.25, 0.3) is 0 Å². The molecular formula is C11H14F4N2OS. The zero-order chi connectivity index (χ0) is 14.8. The first-order valence-electron chi connectivity index (χ1n) is 5.48. The van der Waals surface area contributed by atoms with Crippen LogP contribution in [0.5, 0.6) is 0 Å². The number of nitrogens with one attached hydrogen (secondary N) is 1. The minimum atomic E-state index is -4.12. The molecule has 1 aromatic rings. The highest BCUT2D eigenvalue weighted by Crippen LogP contribution is 2.32. The number of Topliss-reactive ketones (excluding diaryl/α,β-unsaturated/α-hetero) is 1. The van der Waals surface area contributed by atoms with Crippen LogP contribution in [0.3, 0.4) is 0 Å². The first-order valence-corrected chi connectivity index (χ1v) is 6.30. The quantitative estimate of drug-likeness (QED) is 0.624. The van der Waals surface area contributed by atoms with Crippen molar-refractivity contribution in [3.63, 3.8) is 0 Å². The molecule has 0 saturated carbocycles. The van der Waals surface area contributed by atoms with Gasteiger partial charge in [0, 0.05) is 5.92 Å². The van der Waals surface area contributed by atoms with Gasteiger partial charge in [-0.2, -0.15) is 8.78 Å². The predicted octanol–water partition coefficient (Wildman–Crippen LogP) is 3.48. The highest BCUT2D eigenvalue weighted by Gasteiger charge is 2.40. The molecule has 0 radical (unpaired) electrons. The molecule has 0 unspecified atom stereocenters. The van der Waals surface area contributed by atoms with E-state index in [9.17, 15) is 22.4 Å². The van der Waals surface area contributed by atoms with Crippen molar-refractivity contribution in [3.8, 4) is 0 Å². The molecule has 0 spiro atoms. The minimum absolute atomic E-state index is 0.159. The number of thiophene rings is 1. The number of rotatable bonds is 6. The van der Waals surface area contributed by atoms with Gasteiger partial charge in [-0.15, -0.1) is 11.3 Å². The van der Waals surface area contributed by atoms with E-state index in [1.807, 2.05) is 0 Å². The Bertz CT molecular complexity index is 460. The topological polar surface area (TPSA) is 55.1 Å². The molecule has 0 saturated heterocycles. The van der Waals surface area contributed by atoms with Gasteiger partial charge in [0.05, 0.1) is 22.1 Å². The van der Waals surface area contributed by atoms with Gasteiger partial charge in [-0.3, -0.25) is 4.79 Å². The predicted molar refractivity (Wildman–Crippen MR) is 67.3 cm³/mol. The second-order valence-electron chi connectivity index (χ2n) is 4.33. The van der Waals surface area contributed by atoms with E-state index in [0.717, 1.165) is 11.3 Å². The van der Waals surface area contributed by atoms with Crippen LogP contribution in [0, 0.1) is 5.92 Å². The smallest absolute Gasteiger partial charge is 0.324 e. The fourth-order valence-electron chi connectivity index (χ4n) is 1.23. The van der Waals surface area contributed by atoms with Crippen LogP contribution in [0.25, 0.3) is 0 Å². The van der Waals surface area contributed by atoms with Crippen molar-refractivity contribution in [3.05, 3.63) is 10.9 Å². The van der Waals surface area contributed by atoms with Crippen molar-refractivity contribution in [2.75, 3.05) is 17.6 Å². The summed E-state index contributed by atoms with van der Waals surface area (Å²) in [5.41, 5.74) is 5.75. The van der Waals surface area contributed by atoms with E-state index < -0.39 is 18.9 Å². The lowest BCUT2D eigenvalue weighted by atomic mass is 10.1. The van der Waals surface area contributed by atoms with E-state index in [1.165, 1.54) is 6.07 Å². The molecule has 1 rings (SSSR count). The highest BCUT2D eigenvalue weighted by molar-refractivity contribution is 7.18. The molecule has 8 heteroatoms. The van der Waals surface area contributed by atoms with Gasteiger partial charge in [0.1, 0.15) is 0 Å². The summed E-state index contributed by atoms with van der Waals surface area (Å²) in [6.07, 6.45) is -3.74. The summed E-state index contributed by atoms with van der Waals surface area (Å²) in [6.45, 7) is 2.15. The fraction of sp³-hybridized carbons (Fsp3) is 0.545. The van der Waals surface area contributed by atoms with E-state index in [-0.39, 0.29) is 27.3 Å². The number of halogens is 4. The zero-order valence-corrected chi connectivity index (χ0v) is 11.2.